The monoisotopic (exact) mass is 284 g/mol. The summed E-state index contributed by atoms with van der Waals surface area (Å²) in [6.07, 6.45) is 0. The predicted octanol–water partition coefficient (Wildman–Crippen LogP) is 3.34. The third-order valence-corrected chi connectivity index (χ3v) is 3.37. The van der Waals surface area contributed by atoms with Crippen molar-refractivity contribution >= 4 is 11.6 Å². The normalized spacial score (nSPS) is 10.0. The van der Waals surface area contributed by atoms with E-state index in [1.54, 1.807) is 25.1 Å². The zero-order valence-corrected chi connectivity index (χ0v) is 12.4. The van der Waals surface area contributed by atoms with Crippen molar-refractivity contribution in [2.75, 3.05) is 12.4 Å². The number of nitrogens with one attached hydrogen (secondary N) is 1. The standard InChI is InChI=1S/C16H16N2O3/c1-9-10(2)21-11(3)15(9)16(19)18-13-6-5-12(8-17)7-14(13)20-4/h5-7H,1-4H3,(H,18,19). The molecule has 108 valence electrons. The number of anilines is 1. The molecule has 0 aliphatic rings. The number of hydrogen-bond donors (Lipinski definition) is 1. The van der Waals surface area contributed by atoms with Gasteiger partial charge in [-0.1, -0.05) is 0 Å². The van der Waals surface area contributed by atoms with Crippen LogP contribution in [0, 0.1) is 32.1 Å². The molecule has 5 nitrogen and oxygen atoms in total. The summed E-state index contributed by atoms with van der Waals surface area (Å²) in [5, 5.41) is 11.7. The molecule has 2 aromatic rings. The molecule has 1 heterocycles. The maximum Gasteiger partial charge on any atom is 0.259 e. The zero-order valence-electron chi connectivity index (χ0n) is 12.4. The SMILES string of the molecule is COc1cc(C#N)ccc1NC(=O)c1c(C)oc(C)c1C. The average molecular weight is 284 g/mol. The van der Waals surface area contributed by atoms with Crippen molar-refractivity contribution in [3.63, 3.8) is 0 Å². The zero-order chi connectivity index (χ0) is 15.6. The summed E-state index contributed by atoms with van der Waals surface area (Å²) in [7, 11) is 1.49. The Hall–Kier alpha value is -2.74. The fraction of sp³-hybridized carbons (Fsp3) is 0.250. The number of nitriles is 1. The second kappa shape index (κ2) is 5.71. The molecule has 0 unspecified atom stereocenters. The molecule has 0 atom stereocenters. The fourth-order valence-electron chi connectivity index (χ4n) is 2.18. The van der Waals surface area contributed by atoms with E-state index in [4.69, 9.17) is 14.4 Å². The summed E-state index contributed by atoms with van der Waals surface area (Å²) in [5.74, 6) is 1.49. The van der Waals surface area contributed by atoms with Crippen molar-refractivity contribution in [1.29, 1.82) is 5.26 Å². The van der Waals surface area contributed by atoms with Crippen LogP contribution >= 0.6 is 0 Å². The number of carbonyl (C=O) groups is 1. The number of ether oxygens (including phenoxy) is 1. The number of hydrogen-bond acceptors (Lipinski definition) is 4. The Labute approximate surface area is 123 Å². The van der Waals surface area contributed by atoms with Gasteiger partial charge in [-0.05, 0) is 32.9 Å². The van der Waals surface area contributed by atoms with Crippen LogP contribution in [0.25, 0.3) is 0 Å². The van der Waals surface area contributed by atoms with Crippen LogP contribution in [0.5, 0.6) is 5.75 Å². The van der Waals surface area contributed by atoms with E-state index in [-0.39, 0.29) is 5.91 Å². The van der Waals surface area contributed by atoms with E-state index in [1.165, 1.54) is 7.11 Å². The van der Waals surface area contributed by atoms with Gasteiger partial charge in [0.05, 0.1) is 30.0 Å². The topological polar surface area (TPSA) is 75.3 Å². The van der Waals surface area contributed by atoms with Gasteiger partial charge >= 0.3 is 0 Å². The molecular formula is C16H16N2O3. The molecule has 0 fully saturated rings. The van der Waals surface area contributed by atoms with Gasteiger partial charge in [-0.3, -0.25) is 4.79 Å². The number of aryl methyl sites for hydroxylation is 2. The molecule has 5 heteroatoms. The predicted molar refractivity (Wildman–Crippen MR) is 78.6 cm³/mol. The summed E-state index contributed by atoms with van der Waals surface area (Å²) in [6.45, 7) is 5.42. The van der Waals surface area contributed by atoms with Crippen LogP contribution in [0.1, 0.15) is 33.0 Å². The van der Waals surface area contributed by atoms with Gasteiger partial charge < -0.3 is 14.5 Å². The lowest BCUT2D eigenvalue weighted by Crippen LogP contribution is -2.14. The highest BCUT2D eigenvalue weighted by Gasteiger charge is 2.19. The maximum atomic E-state index is 12.4. The summed E-state index contributed by atoms with van der Waals surface area (Å²) < 4.78 is 10.7. The van der Waals surface area contributed by atoms with Crippen LogP contribution < -0.4 is 10.1 Å². The summed E-state index contributed by atoms with van der Waals surface area (Å²) in [5.41, 5.74) is 2.33. The molecule has 0 radical (unpaired) electrons. The van der Waals surface area contributed by atoms with Crippen LogP contribution in [-0.4, -0.2) is 13.0 Å². The molecular weight excluding hydrogens is 268 g/mol. The average Bonchev–Trinajstić information content (AvgIpc) is 2.72. The van der Waals surface area contributed by atoms with E-state index in [0.717, 1.165) is 11.3 Å². The quantitative estimate of drug-likeness (QED) is 0.938. The van der Waals surface area contributed by atoms with Gasteiger partial charge in [0.1, 0.15) is 17.3 Å². The highest BCUT2D eigenvalue weighted by molar-refractivity contribution is 6.06. The third-order valence-electron chi connectivity index (χ3n) is 3.37. The molecule has 21 heavy (non-hydrogen) atoms. The lowest BCUT2D eigenvalue weighted by molar-refractivity contribution is 0.102. The number of nitrogens with zero attached hydrogens (tertiary/aromatic N) is 1. The molecule has 0 saturated carbocycles. The Morgan fingerprint density at radius 1 is 1.29 bits per heavy atom. The van der Waals surface area contributed by atoms with Gasteiger partial charge in [0.15, 0.2) is 0 Å². The smallest absolute Gasteiger partial charge is 0.259 e. The van der Waals surface area contributed by atoms with Gasteiger partial charge in [-0.25, -0.2) is 0 Å². The molecule has 1 amide bonds. The molecule has 2 rings (SSSR count). The van der Waals surface area contributed by atoms with Crippen molar-refractivity contribution in [3.8, 4) is 11.8 Å². The van der Waals surface area contributed by atoms with Crippen LogP contribution in [-0.2, 0) is 0 Å². The molecule has 0 spiro atoms. The second-order valence-corrected chi connectivity index (χ2v) is 4.70. The Morgan fingerprint density at radius 3 is 2.52 bits per heavy atom. The molecule has 1 aromatic heterocycles. The second-order valence-electron chi connectivity index (χ2n) is 4.70. The lowest BCUT2D eigenvalue weighted by atomic mass is 10.1. The summed E-state index contributed by atoms with van der Waals surface area (Å²) >= 11 is 0. The highest BCUT2D eigenvalue weighted by atomic mass is 16.5. The van der Waals surface area contributed by atoms with E-state index in [9.17, 15) is 4.79 Å². The van der Waals surface area contributed by atoms with Gasteiger partial charge in [-0.15, -0.1) is 0 Å². The Morgan fingerprint density at radius 2 is 2.00 bits per heavy atom. The minimum atomic E-state index is -0.259. The first-order chi connectivity index (χ1) is 9.97. The largest absolute Gasteiger partial charge is 0.495 e. The summed E-state index contributed by atoms with van der Waals surface area (Å²) in [6, 6.07) is 6.88. The first-order valence-electron chi connectivity index (χ1n) is 6.44. The lowest BCUT2D eigenvalue weighted by Gasteiger charge is -2.10. The first kappa shape index (κ1) is 14.7. The first-order valence-corrected chi connectivity index (χ1v) is 6.44. The van der Waals surface area contributed by atoms with Gasteiger partial charge in [0.2, 0.25) is 0 Å². The van der Waals surface area contributed by atoms with Crippen LogP contribution in [0.15, 0.2) is 22.6 Å². The Kier molecular flexibility index (Phi) is 3.99. The van der Waals surface area contributed by atoms with Crippen LogP contribution in [0.2, 0.25) is 0 Å². The molecule has 0 bridgehead atoms. The Bertz CT molecular complexity index is 739. The Balaban J connectivity index is 2.34. The van der Waals surface area contributed by atoms with Crippen LogP contribution in [0.4, 0.5) is 5.69 Å². The third kappa shape index (κ3) is 2.75. The van der Waals surface area contributed by atoms with E-state index >= 15 is 0 Å². The van der Waals surface area contributed by atoms with Gasteiger partial charge in [0.25, 0.3) is 5.91 Å². The number of furan rings is 1. The van der Waals surface area contributed by atoms with E-state index in [2.05, 4.69) is 5.32 Å². The van der Waals surface area contributed by atoms with E-state index < -0.39 is 0 Å². The molecule has 1 N–H and O–H groups in total. The van der Waals surface area contributed by atoms with Gasteiger partial charge in [0, 0.05) is 11.6 Å². The summed E-state index contributed by atoms with van der Waals surface area (Å²) in [4.78, 5) is 12.4. The number of methoxy groups -OCH3 is 1. The van der Waals surface area contributed by atoms with Crippen molar-refractivity contribution < 1.29 is 13.9 Å². The van der Waals surface area contributed by atoms with E-state index in [0.29, 0.717) is 28.3 Å². The molecule has 1 aromatic carbocycles. The van der Waals surface area contributed by atoms with Crippen molar-refractivity contribution in [1.82, 2.24) is 0 Å². The number of rotatable bonds is 3. The maximum absolute atomic E-state index is 12.4. The molecule has 0 aliphatic heterocycles. The minimum absolute atomic E-state index is 0.259. The van der Waals surface area contributed by atoms with Gasteiger partial charge in [-0.2, -0.15) is 5.26 Å². The highest BCUT2D eigenvalue weighted by Crippen LogP contribution is 2.27. The van der Waals surface area contributed by atoms with Crippen molar-refractivity contribution in [2.24, 2.45) is 0 Å². The van der Waals surface area contributed by atoms with Crippen molar-refractivity contribution in [2.45, 2.75) is 20.8 Å². The molecule has 0 aliphatic carbocycles. The number of benzene rings is 1. The molecule has 0 saturated heterocycles. The van der Waals surface area contributed by atoms with Crippen LogP contribution in [0.3, 0.4) is 0 Å². The minimum Gasteiger partial charge on any atom is -0.495 e. The van der Waals surface area contributed by atoms with E-state index in [1.807, 2.05) is 19.9 Å². The van der Waals surface area contributed by atoms with Crippen molar-refractivity contribution in [3.05, 3.63) is 46.4 Å². The fourth-order valence-corrected chi connectivity index (χ4v) is 2.18. The number of carbonyl (C=O) groups excluding carboxylic acids is 1. The number of amides is 1.